The molecular weight excluding hydrogens is 222 g/mol. The molecule has 0 saturated carbocycles. The molecule has 0 heterocycles. The van der Waals surface area contributed by atoms with Crippen molar-refractivity contribution >= 4 is 17.3 Å². The number of anilines is 1. The molecule has 1 aromatic rings. The van der Waals surface area contributed by atoms with Crippen LogP contribution >= 0.6 is 11.6 Å². The Morgan fingerprint density at radius 2 is 2.00 bits per heavy atom. The Morgan fingerprint density at radius 1 is 1.31 bits per heavy atom. The summed E-state index contributed by atoms with van der Waals surface area (Å²) >= 11 is 5.65. The Kier molecular flexibility index (Phi) is 4.48. The first-order valence-electron chi connectivity index (χ1n) is 5.47. The Bertz CT molecular complexity index is 344. The largest absolute Gasteiger partial charge is 0.496 e. The molecule has 1 N–H and O–H groups in total. The molecule has 90 valence electrons. The lowest BCUT2D eigenvalue weighted by atomic mass is 9.86. The van der Waals surface area contributed by atoms with Gasteiger partial charge in [0.15, 0.2) is 0 Å². The molecule has 1 aromatic carbocycles. The maximum Gasteiger partial charge on any atom is 0.122 e. The lowest BCUT2D eigenvalue weighted by Gasteiger charge is -2.23. The molecule has 1 rings (SSSR count). The van der Waals surface area contributed by atoms with Gasteiger partial charge in [0.1, 0.15) is 5.75 Å². The highest BCUT2D eigenvalue weighted by Crippen LogP contribution is 2.33. The van der Waals surface area contributed by atoms with E-state index in [1.165, 1.54) is 5.56 Å². The second-order valence-electron chi connectivity index (χ2n) is 4.78. The van der Waals surface area contributed by atoms with Gasteiger partial charge in [-0.25, -0.2) is 0 Å². The van der Waals surface area contributed by atoms with Crippen LogP contribution in [0.25, 0.3) is 0 Å². The van der Waals surface area contributed by atoms with Gasteiger partial charge in [-0.15, -0.1) is 11.6 Å². The highest BCUT2D eigenvalue weighted by atomic mass is 35.5. The summed E-state index contributed by atoms with van der Waals surface area (Å²) < 4.78 is 5.38. The Morgan fingerprint density at radius 3 is 2.50 bits per heavy atom. The second-order valence-corrected chi connectivity index (χ2v) is 5.16. The SMILES string of the molecule is COc1ccc(NCCCl)cc1C(C)(C)C. The van der Waals surface area contributed by atoms with Crippen LogP contribution in [0.15, 0.2) is 18.2 Å². The zero-order valence-corrected chi connectivity index (χ0v) is 11.2. The Hall–Kier alpha value is -0.890. The minimum atomic E-state index is 0.0734. The van der Waals surface area contributed by atoms with Crippen LogP contribution < -0.4 is 10.1 Å². The van der Waals surface area contributed by atoms with Gasteiger partial charge in [-0.3, -0.25) is 0 Å². The van der Waals surface area contributed by atoms with Gasteiger partial charge in [-0.2, -0.15) is 0 Å². The number of benzene rings is 1. The van der Waals surface area contributed by atoms with Crippen molar-refractivity contribution in [1.29, 1.82) is 0 Å². The quantitative estimate of drug-likeness (QED) is 0.813. The van der Waals surface area contributed by atoms with E-state index < -0.39 is 0 Å². The molecular formula is C13H20ClNO. The first-order valence-corrected chi connectivity index (χ1v) is 6.01. The van der Waals surface area contributed by atoms with Gasteiger partial charge in [-0.05, 0) is 23.6 Å². The topological polar surface area (TPSA) is 21.3 Å². The Balaban J connectivity index is 3.02. The first kappa shape index (κ1) is 13.2. The lowest BCUT2D eigenvalue weighted by molar-refractivity contribution is 0.397. The van der Waals surface area contributed by atoms with Crippen LogP contribution in [-0.4, -0.2) is 19.5 Å². The molecule has 0 unspecified atom stereocenters. The summed E-state index contributed by atoms with van der Waals surface area (Å²) in [6.07, 6.45) is 0. The third-order valence-corrected chi connectivity index (χ3v) is 2.62. The Labute approximate surface area is 103 Å². The minimum Gasteiger partial charge on any atom is -0.496 e. The molecule has 0 spiro atoms. The van der Waals surface area contributed by atoms with Crippen LogP contribution in [0.5, 0.6) is 5.75 Å². The van der Waals surface area contributed by atoms with Crippen LogP contribution in [0, 0.1) is 0 Å². The summed E-state index contributed by atoms with van der Waals surface area (Å²) in [5.41, 5.74) is 2.37. The molecule has 0 atom stereocenters. The van der Waals surface area contributed by atoms with Crippen molar-refractivity contribution in [3.8, 4) is 5.75 Å². The van der Waals surface area contributed by atoms with E-state index in [9.17, 15) is 0 Å². The number of hydrogen-bond acceptors (Lipinski definition) is 2. The number of rotatable bonds is 4. The predicted octanol–water partition coefficient (Wildman–Crippen LogP) is 3.64. The third kappa shape index (κ3) is 3.31. The minimum absolute atomic E-state index is 0.0734. The van der Waals surface area contributed by atoms with Crippen LogP contribution in [0.3, 0.4) is 0 Å². The zero-order valence-electron chi connectivity index (χ0n) is 10.4. The summed E-state index contributed by atoms with van der Waals surface area (Å²) in [5, 5.41) is 3.27. The maximum absolute atomic E-state index is 5.65. The fraction of sp³-hybridized carbons (Fsp3) is 0.538. The fourth-order valence-corrected chi connectivity index (χ4v) is 1.69. The normalized spacial score (nSPS) is 11.3. The van der Waals surface area contributed by atoms with Crippen LogP contribution in [0.4, 0.5) is 5.69 Å². The molecule has 2 nitrogen and oxygen atoms in total. The maximum atomic E-state index is 5.65. The molecule has 0 amide bonds. The molecule has 0 bridgehead atoms. The lowest BCUT2D eigenvalue weighted by Crippen LogP contribution is -2.13. The number of ether oxygens (including phenoxy) is 1. The molecule has 0 aliphatic heterocycles. The van der Waals surface area contributed by atoms with Crippen molar-refractivity contribution < 1.29 is 4.74 Å². The number of alkyl halides is 1. The van der Waals surface area contributed by atoms with Gasteiger partial charge < -0.3 is 10.1 Å². The number of methoxy groups -OCH3 is 1. The predicted molar refractivity (Wildman–Crippen MR) is 70.9 cm³/mol. The van der Waals surface area contributed by atoms with E-state index in [0.717, 1.165) is 18.0 Å². The summed E-state index contributed by atoms with van der Waals surface area (Å²) in [6.45, 7) is 7.31. The van der Waals surface area contributed by atoms with Gasteiger partial charge in [0, 0.05) is 23.7 Å². The third-order valence-electron chi connectivity index (χ3n) is 2.43. The van der Waals surface area contributed by atoms with Gasteiger partial charge in [-0.1, -0.05) is 20.8 Å². The van der Waals surface area contributed by atoms with E-state index in [-0.39, 0.29) is 5.41 Å². The van der Waals surface area contributed by atoms with Crippen molar-refractivity contribution in [3.05, 3.63) is 23.8 Å². The van der Waals surface area contributed by atoms with Gasteiger partial charge >= 0.3 is 0 Å². The zero-order chi connectivity index (χ0) is 12.2. The molecule has 0 fully saturated rings. The van der Waals surface area contributed by atoms with E-state index in [4.69, 9.17) is 16.3 Å². The van der Waals surface area contributed by atoms with Crippen LogP contribution in [0.1, 0.15) is 26.3 Å². The highest BCUT2D eigenvalue weighted by molar-refractivity contribution is 6.18. The van der Waals surface area contributed by atoms with Crippen molar-refractivity contribution in [2.75, 3.05) is 24.9 Å². The summed E-state index contributed by atoms with van der Waals surface area (Å²) in [5.74, 6) is 1.54. The molecule has 0 radical (unpaired) electrons. The molecule has 0 aliphatic carbocycles. The number of nitrogens with one attached hydrogen (secondary N) is 1. The van der Waals surface area contributed by atoms with Crippen LogP contribution in [0.2, 0.25) is 0 Å². The van der Waals surface area contributed by atoms with Crippen molar-refractivity contribution in [2.24, 2.45) is 0 Å². The average molecular weight is 242 g/mol. The van der Waals surface area contributed by atoms with E-state index >= 15 is 0 Å². The summed E-state index contributed by atoms with van der Waals surface area (Å²) in [4.78, 5) is 0. The fourth-order valence-electron chi connectivity index (χ4n) is 1.60. The van der Waals surface area contributed by atoms with Crippen LogP contribution in [-0.2, 0) is 5.41 Å². The summed E-state index contributed by atoms with van der Waals surface area (Å²) in [6, 6.07) is 6.14. The van der Waals surface area contributed by atoms with Gasteiger partial charge in [0.25, 0.3) is 0 Å². The van der Waals surface area contributed by atoms with E-state index in [0.29, 0.717) is 5.88 Å². The van der Waals surface area contributed by atoms with E-state index in [1.54, 1.807) is 7.11 Å². The van der Waals surface area contributed by atoms with E-state index in [1.807, 2.05) is 12.1 Å². The average Bonchev–Trinajstić information content (AvgIpc) is 2.24. The number of hydrogen-bond donors (Lipinski definition) is 1. The van der Waals surface area contributed by atoms with E-state index in [2.05, 4.69) is 32.2 Å². The first-order chi connectivity index (χ1) is 7.49. The monoisotopic (exact) mass is 241 g/mol. The molecule has 3 heteroatoms. The smallest absolute Gasteiger partial charge is 0.122 e. The highest BCUT2D eigenvalue weighted by Gasteiger charge is 2.19. The molecule has 16 heavy (non-hydrogen) atoms. The van der Waals surface area contributed by atoms with Gasteiger partial charge in [0.05, 0.1) is 7.11 Å². The van der Waals surface area contributed by atoms with Crippen molar-refractivity contribution in [1.82, 2.24) is 0 Å². The second kappa shape index (κ2) is 5.44. The standard InChI is InChI=1S/C13H20ClNO/c1-13(2,3)11-9-10(15-8-7-14)5-6-12(11)16-4/h5-6,9,15H,7-8H2,1-4H3. The number of halogens is 1. The van der Waals surface area contributed by atoms with Crippen molar-refractivity contribution in [3.63, 3.8) is 0 Å². The van der Waals surface area contributed by atoms with Gasteiger partial charge in [0.2, 0.25) is 0 Å². The molecule has 0 aliphatic rings. The molecule has 0 aromatic heterocycles. The molecule has 0 saturated heterocycles. The van der Waals surface area contributed by atoms with Crippen molar-refractivity contribution in [2.45, 2.75) is 26.2 Å². The summed E-state index contributed by atoms with van der Waals surface area (Å²) in [7, 11) is 1.70.